The number of oxime groups is 1. The molecule has 0 bridgehead atoms. The van der Waals surface area contributed by atoms with Crippen LogP contribution in [0, 0.1) is 0 Å². The molecule has 0 N–H and O–H groups in total. The highest BCUT2D eigenvalue weighted by Crippen LogP contribution is 2.20. The van der Waals surface area contributed by atoms with Gasteiger partial charge >= 0.3 is 0 Å². The highest BCUT2D eigenvalue weighted by molar-refractivity contribution is 9.09. The van der Waals surface area contributed by atoms with Crippen LogP contribution in [-0.4, -0.2) is 17.1 Å². The van der Waals surface area contributed by atoms with Gasteiger partial charge in [0.25, 0.3) is 0 Å². The maximum atomic E-state index is 5.19. The lowest BCUT2D eigenvalue weighted by atomic mass is 10.2. The summed E-state index contributed by atoms with van der Waals surface area (Å²) in [5.74, 6) is 0. The van der Waals surface area contributed by atoms with Gasteiger partial charge in [-0.15, -0.1) is 11.3 Å². The molecule has 0 unspecified atom stereocenters. The van der Waals surface area contributed by atoms with Crippen molar-refractivity contribution in [3.05, 3.63) is 22.4 Å². The van der Waals surface area contributed by atoms with E-state index in [1.54, 1.807) is 11.3 Å². The average molecular weight is 246 g/mol. The van der Waals surface area contributed by atoms with E-state index in [0.29, 0.717) is 0 Å². The molecule has 2 rings (SSSR count). The predicted octanol–water partition coefficient (Wildman–Crippen LogP) is 2.64. The van der Waals surface area contributed by atoms with Crippen molar-refractivity contribution in [1.82, 2.24) is 0 Å². The van der Waals surface area contributed by atoms with Crippen molar-refractivity contribution in [2.45, 2.75) is 12.5 Å². The minimum Gasteiger partial charge on any atom is -0.391 e. The summed E-state index contributed by atoms with van der Waals surface area (Å²) < 4.78 is 0. The number of rotatable bonds is 2. The Morgan fingerprint density at radius 1 is 1.75 bits per heavy atom. The molecule has 0 aliphatic carbocycles. The van der Waals surface area contributed by atoms with Crippen molar-refractivity contribution in [3.8, 4) is 0 Å². The summed E-state index contributed by atoms with van der Waals surface area (Å²) in [6, 6.07) is 4.10. The topological polar surface area (TPSA) is 21.6 Å². The van der Waals surface area contributed by atoms with Crippen molar-refractivity contribution in [2.75, 3.05) is 5.33 Å². The number of thiophene rings is 1. The highest BCUT2D eigenvalue weighted by Gasteiger charge is 2.21. The van der Waals surface area contributed by atoms with Gasteiger partial charge in [0, 0.05) is 11.8 Å². The quantitative estimate of drug-likeness (QED) is 0.735. The summed E-state index contributed by atoms with van der Waals surface area (Å²) in [4.78, 5) is 6.41. The van der Waals surface area contributed by atoms with Gasteiger partial charge in [0.05, 0.1) is 4.88 Å². The fraction of sp³-hybridized carbons (Fsp3) is 0.375. The Labute approximate surface area is 83.4 Å². The molecular formula is C8H8BrNOS. The molecule has 0 aromatic carbocycles. The first-order valence-corrected chi connectivity index (χ1v) is 5.73. The second kappa shape index (κ2) is 3.58. The largest absolute Gasteiger partial charge is 0.391 e. The standard InChI is InChI=1S/C8H8BrNOS/c9-5-6-4-7(10-11-6)8-2-1-3-12-8/h1-3,6H,4-5H2/t6-/m0/s1. The van der Waals surface area contributed by atoms with Crippen LogP contribution in [0.2, 0.25) is 0 Å². The van der Waals surface area contributed by atoms with E-state index >= 15 is 0 Å². The van der Waals surface area contributed by atoms with E-state index < -0.39 is 0 Å². The summed E-state index contributed by atoms with van der Waals surface area (Å²) in [5, 5.41) is 6.93. The van der Waals surface area contributed by atoms with Gasteiger partial charge in [-0.3, -0.25) is 0 Å². The molecule has 2 heterocycles. The Bertz CT molecular complexity index is 283. The van der Waals surface area contributed by atoms with Gasteiger partial charge < -0.3 is 4.84 Å². The van der Waals surface area contributed by atoms with Gasteiger partial charge in [0.2, 0.25) is 0 Å². The van der Waals surface area contributed by atoms with Gasteiger partial charge in [-0.25, -0.2) is 0 Å². The fourth-order valence-electron chi connectivity index (χ4n) is 1.10. The molecule has 64 valence electrons. The lowest BCUT2D eigenvalue weighted by Crippen LogP contribution is -2.08. The van der Waals surface area contributed by atoms with Crippen LogP contribution in [0.1, 0.15) is 11.3 Å². The van der Waals surface area contributed by atoms with Gasteiger partial charge in [0.1, 0.15) is 11.8 Å². The predicted molar refractivity (Wildman–Crippen MR) is 54.1 cm³/mol. The van der Waals surface area contributed by atoms with E-state index in [4.69, 9.17) is 4.84 Å². The Morgan fingerprint density at radius 3 is 3.25 bits per heavy atom. The second-order valence-corrected chi connectivity index (χ2v) is 4.20. The third kappa shape index (κ3) is 1.54. The molecular weight excluding hydrogens is 238 g/mol. The normalized spacial score (nSPS) is 22.1. The van der Waals surface area contributed by atoms with Crippen LogP contribution in [0.25, 0.3) is 0 Å². The van der Waals surface area contributed by atoms with Gasteiger partial charge in [0.15, 0.2) is 0 Å². The van der Waals surface area contributed by atoms with E-state index in [9.17, 15) is 0 Å². The molecule has 0 spiro atoms. The SMILES string of the molecule is BrC[C@@H]1CC(c2cccs2)=NO1. The maximum absolute atomic E-state index is 5.19. The Morgan fingerprint density at radius 2 is 2.67 bits per heavy atom. The van der Waals surface area contributed by atoms with Crippen molar-refractivity contribution < 1.29 is 4.84 Å². The molecule has 0 saturated carbocycles. The second-order valence-electron chi connectivity index (χ2n) is 2.60. The zero-order valence-electron chi connectivity index (χ0n) is 6.37. The van der Waals surface area contributed by atoms with Crippen molar-refractivity contribution in [1.29, 1.82) is 0 Å². The molecule has 1 atom stereocenters. The number of hydrogen-bond acceptors (Lipinski definition) is 3. The molecule has 0 fully saturated rings. The minimum absolute atomic E-state index is 0.224. The zero-order chi connectivity index (χ0) is 8.39. The summed E-state index contributed by atoms with van der Waals surface area (Å²) in [7, 11) is 0. The first kappa shape index (κ1) is 8.26. The van der Waals surface area contributed by atoms with Crippen molar-refractivity contribution in [2.24, 2.45) is 5.16 Å². The zero-order valence-corrected chi connectivity index (χ0v) is 8.77. The van der Waals surface area contributed by atoms with Crippen molar-refractivity contribution in [3.63, 3.8) is 0 Å². The first-order chi connectivity index (χ1) is 5.90. The molecule has 1 aromatic heterocycles. The van der Waals surface area contributed by atoms with Crippen molar-refractivity contribution >= 4 is 33.0 Å². The Kier molecular flexibility index (Phi) is 2.46. The van der Waals surface area contributed by atoms with E-state index in [-0.39, 0.29) is 6.10 Å². The summed E-state index contributed by atoms with van der Waals surface area (Å²) in [6.07, 6.45) is 1.15. The smallest absolute Gasteiger partial charge is 0.142 e. The summed E-state index contributed by atoms with van der Waals surface area (Å²) >= 11 is 5.08. The van der Waals surface area contributed by atoms with E-state index in [2.05, 4.69) is 32.5 Å². The molecule has 12 heavy (non-hydrogen) atoms. The highest BCUT2D eigenvalue weighted by atomic mass is 79.9. The Hall–Kier alpha value is -0.350. The van der Waals surface area contributed by atoms with Gasteiger partial charge in [-0.1, -0.05) is 27.2 Å². The number of nitrogens with zero attached hydrogens (tertiary/aromatic N) is 1. The summed E-state index contributed by atoms with van der Waals surface area (Å²) in [5.41, 5.74) is 1.08. The van der Waals surface area contributed by atoms with Crippen LogP contribution in [0.4, 0.5) is 0 Å². The number of halogens is 1. The Balaban J connectivity index is 2.09. The maximum Gasteiger partial charge on any atom is 0.142 e. The molecule has 0 saturated heterocycles. The molecule has 1 aliphatic heterocycles. The number of hydrogen-bond donors (Lipinski definition) is 0. The van der Waals surface area contributed by atoms with Gasteiger partial charge in [-0.05, 0) is 11.4 Å². The van der Waals surface area contributed by atoms with E-state index in [0.717, 1.165) is 17.5 Å². The molecule has 0 radical (unpaired) electrons. The first-order valence-electron chi connectivity index (χ1n) is 3.72. The molecule has 0 amide bonds. The minimum atomic E-state index is 0.224. The van der Waals surface area contributed by atoms with Crippen LogP contribution in [0.15, 0.2) is 22.7 Å². The van der Waals surface area contributed by atoms with E-state index in [1.807, 2.05) is 6.07 Å². The van der Waals surface area contributed by atoms with E-state index in [1.165, 1.54) is 4.88 Å². The summed E-state index contributed by atoms with van der Waals surface area (Å²) in [6.45, 7) is 0. The number of alkyl halides is 1. The average Bonchev–Trinajstić information content (AvgIpc) is 2.75. The molecule has 2 nitrogen and oxygen atoms in total. The van der Waals surface area contributed by atoms with Crippen LogP contribution in [0.3, 0.4) is 0 Å². The lowest BCUT2D eigenvalue weighted by molar-refractivity contribution is 0.104. The van der Waals surface area contributed by atoms with Crippen LogP contribution >= 0.6 is 27.3 Å². The molecule has 1 aromatic rings. The van der Waals surface area contributed by atoms with Gasteiger partial charge in [-0.2, -0.15) is 0 Å². The molecule has 1 aliphatic rings. The third-order valence-corrected chi connectivity index (χ3v) is 3.35. The fourth-order valence-corrected chi connectivity index (χ4v) is 2.16. The van der Waals surface area contributed by atoms with Crippen LogP contribution < -0.4 is 0 Å². The van der Waals surface area contributed by atoms with Crippen LogP contribution in [0.5, 0.6) is 0 Å². The molecule has 4 heteroatoms. The lowest BCUT2D eigenvalue weighted by Gasteiger charge is -1.99. The van der Waals surface area contributed by atoms with Crippen LogP contribution in [-0.2, 0) is 4.84 Å². The third-order valence-electron chi connectivity index (χ3n) is 1.71. The monoisotopic (exact) mass is 245 g/mol.